The van der Waals surface area contributed by atoms with Gasteiger partial charge in [-0.05, 0) is 18.9 Å². The van der Waals surface area contributed by atoms with Gasteiger partial charge >= 0.3 is 6.09 Å². The molecular formula is C10H16N2O2. The summed E-state index contributed by atoms with van der Waals surface area (Å²) in [6.07, 6.45) is 4.70. The number of hydrogen-bond donors (Lipinski definition) is 2. The van der Waals surface area contributed by atoms with E-state index in [1.807, 2.05) is 6.08 Å². The third-order valence-corrected chi connectivity index (χ3v) is 2.69. The molecule has 2 unspecified atom stereocenters. The molecular weight excluding hydrogens is 180 g/mol. The Morgan fingerprint density at radius 1 is 1.57 bits per heavy atom. The first-order chi connectivity index (χ1) is 6.66. The second-order valence-electron chi connectivity index (χ2n) is 3.58. The highest BCUT2D eigenvalue weighted by Crippen LogP contribution is 2.27. The van der Waals surface area contributed by atoms with Crippen LogP contribution in [-0.4, -0.2) is 22.3 Å². The van der Waals surface area contributed by atoms with Crippen molar-refractivity contribution in [2.75, 3.05) is 0 Å². The zero-order valence-corrected chi connectivity index (χ0v) is 8.15. The van der Waals surface area contributed by atoms with Crippen molar-refractivity contribution >= 4 is 6.09 Å². The highest BCUT2D eigenvalue weighted by atomic mass is 16.4. The molecule has 0 aliphatic heterocycles. The number of nitrogens with zero attached hydrogens (tertiary/aromatic N) is 1. The Morgan fingerprint density at radius 2 is 2.21 bits per heavy atom. The van der Waals surface area contributed by atoms with E-state index in [-0.39, 0.29) is 12.0 Å². The van der Waals surface area contributed by atoms with E-state index >= 15 is 0 Å². The Bertz CT molecular complexity index is 259. The molecule has 1 aliphatic rings. The first kappa shape index (κ1) is 10.8. The topological polar surface area (TPSA) is 66.6 Å². The van der Waals surface area contributed by atoms with Crippen LogP contribution in [0.2, 0.25) is 0 Å². The zero-order valence-electron chi connectivity index (χ0n) is 8.15. The molecule has 0 saturated heterocycles. The number of nitrogens with two attached hydrogens (primary N) is 1. The van der Waals surface area contributed by atoms with Crippen LogP contribution < -0.4 is 5.84 Å². The van der Waals surface area contributed by atoms with Crippen molar-refractivity contribution in [3.05, 3.63) is 18.4 Å². The van der Waals surface area contributed by atoms with E-state index in [1.165, 1.54) is 0 Å². The summed E-state index contributed by atoms with van der Waals surface area (Å²) in [5.41, 5.74) is 2.71. The minimum Gasteiger partial charge on any atom is -0.464 e. The lowest BCUT2D eigenvalue weighted by Crippen LogP contribution is -2.49. The Kier molecular flexibility index (Phi) is 3.74. The van der Waals surface area contributed by atoms with E-state index < -0.39 is 6.09 Å². The van der Waals surface area contributed by atoms with E-state index in [4.69, 9.17) is 10.9 Å². The Hall–Kier alpha value is -1.25. The average molecular weight is 196 g/mol. The van der Waals surface area contributed by atoms with Crippen molar-refractivity contribution in [2.45, 2.75) is 31.7 Å². The number of hydrogen-bond acceptors (Lipinski definition) is 2. The van der Waals surface area contributed by atoms with Crippen molar-refractivity contribution in [1.29, 1.82) is 0 Å². The first-order valence-electron chi connectivity index (χ1n) is 4.79. The summed E-state index contributed by atoms with van der Waals surface area (Å²) in [7, 11) is 0. The van der Waals surface area contributed by atoms with Gasteiger partial charge in [0.1, 0.15) is 0 Å². The highest BCUT2D eigenvalue weighted by molar-refractivity contribution is 5.64. The predicted molar refractivity (Wildman–Crippen MR) is 53.5 cm³/mol. The fraction of sp³-hybridized carbons (Fsp3) is 0.600. The minimum absolute atomic E-state index is 0.115. The second-order valence-corrected chi connectivity index (χ2v) is 3.58. The number of hydrazine groups is 1. The molecule has 1 amide bonds. The third kappa shape index (κ3) is 2.37. The molecule has 0 aromatic rings. The molecule has 0 radical (unpaired) electrons. The summed E-state index contributed by atoms with van der Waals surface area (Å²) in [5.74, 6) is 5.65. The summed E-state index contributed by atoms with van der Waals surface area (Å²) in [6.45, 7) is 3.51. The molecule has 78 valence electrons. The van der Waals surface area contributed by atoms with E-state index in [0.717, 1.165) is 30.7 Å². The smallest absolute Gasteiger partial charge is 0.421 e. The van der Waals surface area contributed by atoms with Gasteiger partial charge in [0.05, 0.1) is 6.04 Å². The van der Waals surface area contributed by atoms with Crippen LogP contribution in [0, 0.1) is 5.92 Å². The molecule has 0 bridgehead atoms. The van der Waals surface area contributed by atoms with Gasteiger partial charge in [0.2, 0.25) is 0 Å². The Balaban J connectivity index is 2.71. The maximum Gasteiger partial charge on any atom is 0.421 e. The SMILES string of the molecule is C=C=CC1CCCCC1N(N)C(=O)O. The predicted octanol–water partition coefficient (Wildman–Crippen LogP) is 1.74. The van der Waals surface area contributed by atoms with E-state index in [0.29, 0.717) is 0 Å². The van der Waals surface area contributed by atoms with Crippen LogP contribution in [0.3, 0.4) is 0 Å². The van der Waals surface area contributed by atoms with Crippen LogP contribution in [0.5, 0.6) is 0 Å². The quantitative estimate of drug-likeness (QED) is 0.306. The minimum atomic E-state index is -1.07. The largest absolute Gasteiger partial charge is 0.464 e. The molecule has 1 rings (SSSR count). The molecule has 1 aliphatic carbocycles. The Morgan fingerprint density at radius 3 is 2.79 bits per heavy atom. The maximum atomic E-state index is 10.7. The van der Waals surface area contributed by atoms with Crippen molar-refractivity contribution in [2.24, 2.45) is 11.8 Å². The molecule has 1 fully saturated rings. The van der Waals surface area contributed by atoms with Gasteiger partial charge < -0.3 is 5.11 Å². The van der Waals surface area contributed by atoms with Crippen LogP contribution in [-0.2, 0) is 0 Å². The van der Waals surface area contributed by atoms with Gasteiger partial charge in [-0.25, -0.2) is 15.6 Å². The van der Waals surface area contributed by atoms with Crippen molar-refractivity contribution in [3.63, 3.8) is 0 Å². The maximum absolute atomic E-state index is 10.7. The fourth-order valence-electron chi connectivity index (χ4n) is 1.97. The molecule has 1 saturated carbocycles. The third-order valence-electron chi connectivity index (χ3n) is 2.69. The monoisotopic (exact) mass is 196 g/mol. The van der Waals surface area contributed by atoms with Gasteiger partial charge in [0.25, 0.3) is 0 Å². The van der Waals surface area contributed by atoms with Crippen LogP contribution >= 0.6 is 0 Å². The number of amides is 1. The lowest BCUT2D eigenvalue weighted by atomic mass is 9.84. The molecule has 4 heteroatoms. The molecule has 0 aromatic carbocycles. The second kappa shape index (κ2) is 4.84. The van der Waals surface area contributed by atoms with Crippen molar-refractivity contribution in [1.82, 2.24) is 5.01 Å². The molecule has 14 heavy (non-hydrogen) atoms. The average Bonchev–Trinajstić information content (AvgIpc) is 2.18. The number of carbonyl (C=O) groups is 1. The van der Waals surface area contributed by atoms with Crippen LogP contribution in [0.1, 0.15) is 25.7 Å². The van der Waals surface area contributed by atoms with Crippen LogP contribution in [0.15, 0.2) is 18.4 Å². The van der Waals surface area contributed by atoms with Gasteiger partial charge in [0, 0.05) is 5.92 Å². The Labute approximate surface area is 83.7 Å². The van der Waals surface area contributed by atoms with Crippen LogP contribution in [0.4, 0.5) is 4.79 Å². The van der Waals surface area contributed by atoms with Gasteiger partial charge in [-0.3, -0.25) is 0 Å². The van der Waals surface area contributed by atoms with Gasteiger partial charge in [-0.2, -0.15) is 0 Å². The molecule has 0 aromatic heterocycles. The summed E-state index contributed by atoms with van der Waals surface area (Å²) >= 11 is 0. The van der Waals surface area contributed by atoms with E-state index in [1.54, 1.807) is 0 Å². The van der Waals surface area contributed by atoms with Gasteiger partial charge in [-0.1, -0.05) is 19.4 Å². The molecule has 0 spiro atoms. The summed E-state index contributed by atoms with van der Waals surface area (Å²) < 4.78 is 0. The van der Waals surface area contributed by atoms with Crippen molar-refractivity contribution < 1.29 is 9.90 Å². The number of carboxylic acid groups (broad SMARTS) is 1. The highest BCUT2D eigenvalue weighted by Gasteiger charge is 2.29. The van der Waals surface area contributed by atoms with Crippen LogP contribution in [0.25, 0.3) is 0 Å². The number of rotatable bonds is 2. The van der Waals surface area contributed by atoms with Crippen molar-refractivity contribution in [3.8, 4) is 0 Å². The normalized spacial score (nSPS) is 26.4. The summed E-state index contributed by atoms with van der Waals surface area (Å²) in [5, 5.41) is 9.69. The first-order valence-corrected chi connectivity index (χ1v) is 4.79. The lowest BCUT2D eigenvalue weighted by Gasteiger charge is -2.33. The summed E-state index contributed by atoms with van der Waals surface area (Å²) in [4.78, 5) is 10.7. The van der Waals surface area contributed by atoms with E-state index in [2.05, 4.69) is 12.3 Å². The molecule has 4 nitrogen and oxygen atoms in total. The molecule has 3 N–H and O–H groups in total. The van der Waals surface area contributed by atoms with Gasteiger partial charge in [0.15, 0.2) is 0 Å². The molecule has 0 heterocycles. The zero-order chi connectivity index (χ0) is 10.6. The standard InChI is InChI=1S/C10H16N2O2/c1-2-5-8-6-3-4-7-9(8)12(11)10(13)14/h5,8-9H,1,3-4,6-7,11H2,(H,13,14). The van der Waals surface area contributed by atoms with Gasteiger partial charge in [-0.15, -0.1) is 5.73 Å². The summed E-state index contributed by atoms with van der Waals surface area (Å²) in [6, 6.07) is -0.115. The fourth-order valence-corrected chi connectivity index (χ4v) is 1.97. The van der Waals surface area contributed by atoms with E-state index in [9.17, 15) is 4.79 Å². The molecule has 2 atom stereocenters. The lowest BCUT2D eigenvalue weighted by molar-refractivity contribution is 0.0968.